The normalized spacial score (nSPS) is 17.5. The highest BCUT2D eigenvalue weighted by Crippen LogP contribution is 2.24. The number of aryl methyl sites for hydroxylation is 2. The SMILES string of the molecule is Cc1nn(C)cc1-c1ccc(NCC2CCN(C#N)C2)cc1. The molecule has 1 aliphatic rings. The molecule has 0 spiro atoms. The Balaban J connectivity index is 1.60. The predicted molar refractivity (Wildman–Crippen MR) is 87.2 cm³/mol. The van der Waals surface area contributed by atoms with Gasteiger partial charge in [-0.05, 0) is 37.0 Å². The smallest absolute Gasteiger partial charge is 0.179 e. The van der Waals surface area contributed by atoms with E-state index in [0.29, 0.717) is 5.92 Å². The fourth-order valence-electron chi connectivity index (χ4n) is 3.00. The molecular formula is C17H21N5. The first-order chi connectivity index (χ1) is 10.7. The van der Waals surface area contributed by atoms with E-state index >= 15 is 0 Å². The molecule has 2 heterocycles. The summed E-state index contributed by atoms with van der Waals surface area (Å²) in [4.78, 5) is 1.83. The molecule has 5 heteroatoms. The van der Waals surface area contributed by atoms with Crippen LogP contribution in [0.25, 0.3) is 11.1 Å². The van der Waals surface area contributed by atoms with Crippen molar-refractivity contribution in [3.63, 3.8) is 0 Å². The predicted octanol–water partition coefficient (Wildman–Crippen LogP) is 2.61. The summed E-state index contributed by atoms with van der Waals surface area (Å²) >= 11 is 0. The molecule has 1 unspecified atom stereocenters. The Hall–Kier alpha value is -2.48. The van der Waals surface area contributed by atoms with Crippen molar-refractivity contribution >= 4 is 5.69 Å². The van der Waals surface area contributed by atoms with Crippen LogP contribution in [0.1, 0.15) is 12.1 Å². The number of anilines is 1. The number of nitriles is 1. The monoisotopic (exact) mass is 295 g/mol. The molecule has 1 saturated heterocycles. The second-order valence-corrected chi connectivity index (χ2v) is 5.96. The van der Waals surface area contributed by atoms with Crippen LogP contribution in [0.4, 0.5) is 5.69 Å². The Morgan fingerprint density at radius 3 is 2.73 bits per heavy atom. The largest absolute Gasteiger partial charge is 0.385 e. The lowest BCUT2D eigenvalue weighted by Crippen LogP contribution is -2.18. The lowest BCUT2D eigenvalue weighted by Gasteiger charge is -2.12. The molecule has 1 aliphatic heterocycles. The molecular weight excluding hydrogens is 274 g/mol. The summed E-state index contributed by atoms with van der Waals surface area (Å²) in [7, 11) is 1.94. The van der Waals surface area contributed by atoms with E-state index in [1.165, 1.54) is 11.1 Å². The van der Waals surface area contributed by atoms with Gasteiger partial charge in [0.15, 0.2) is 6.19 Å². The summed E-state index contributed by atoms with van der Waals surface area (Å²) in [5.41, 5.74) is 4.54. The number of nitrogens with zero attached hydrogens (tertiary/aromatic N) is 4. The van der Waals surface area contributed by atoms with Crippen LogP contribution in [0.5, 0.6) is 0 Å². The van der Waals surface area contributed by atoms with Crippen molar-refractivity contribution in [1.29, 1.82) is 5.26 Å². The zero-order chi connectivity index (χ0) is 15.5. The van der Waals surface area contributed by atoms with Gasteiger partial charge in [0.1, 0.15) is 0 Å². The molecule has 5 nitrogen and oxygen atoms in total. The van der Waals surface area contributed by atoms with Crippen molar-refractivity contribution in [2.75, 3.05) is 25.0 Å². The Bertz CT molecular complexity index is 680. The number of hydrogen-bond donors (Lipinski definition) is 1. The standard InChI is InChI=1S/C17H21N5/c1-13-17(11-21(2)20-13)15-3-5-16(6-4-15)19-9-14-7-8-22(10-14)12-18/h3-6,11,14,19H,7-10H2,1-2H3. The lowest BCUT2D eigenvalue weighted by molar-refractivity contribution is 0.461. The molecule has 0 aliphatic carbocycles. The lowest BCUT2D eigenvalue weighted by atomic mass is 10.1. The van der Waals surface area contributed by atoms with Crippen LogP contribution in [-0.2, 0) is 7.05 Å². The van der Waals surface area contributed by atoms with E-state index in [0.717, 1.165) is 37.4 Å². The summed E-state index contributed by atoms with van der Waals surface area (Å²) in [5.74, 6) is 0.555. The van der Waals surface area contributed by atoms with Gasteiger partial charge in [-0.15, -0.1) is 0 Å². The number of hydrogen-bond acceptors (Lipinski definition) is 4. The number of likely N-dealkylation sites (tertiary alicyclic amines) is 1. The minimum Gasteiger partial charge on any atom is -0.385 e. The van der Waals surface area contributed by atoms with E-state index in [1.54, 1.807) is 0 Å². The minimum absolute atomic E-state index is 0.555. The summed E-state index contributed by atoms with van der Waals surface area (Å²) in [6.07, 6.45) is 5.36. The first-order valence-electron chi connectivity index (χ1n) is 7.65. The van der Waals surface area contributed by atoms with E-state index in [2.05, 4.69) is 40.9 Å². The zero-order valence-corrected chi connectivity index (χ0v) is 13.1. The molecule has 22 heavy (non-hydrogen) atoms. The molecule has 0 amide bonds. The topological polar surface area (TPSA) is 56.9 Å². The van der Waals surface area contributed by atoms with Crippen molar-refractivity contribution in [2.45, 2.75) is 13.3 Å². The Kier molecular flexibility index (Phi) is 4.01. The van der Waals surface area contributed by atoms with Gasteiger partial charge in [-0.3, -0.25) is 4.68 Å². The van der Waals surface area contributed by atoms with Crippen LogP contribution in [0.15, 0.2) is 30.5 Å². The maximum absolute atomic E-state index is 8.88. The molecule has 114 valence electrons. The van der Waals surface area contributed by atoms with Crippen LogP contribution in [-0.4, -0.2) is 34.3 Å². The highest BCUT2D eigenvalue weighted by atomic mass is 15.2. The molecule has 0 bridgehead atoms. The molecule has 1 N–H and O–H groups in total. The van der Waals surface area contributed by atoms with Crippen LogP contribution in [0.3, 0.4) is 0 Å². The van der Waals surface area contributed by atoms with Crippen molar-refractivity contribution in [3.05, 3.63) is 36.2 Å². The quantitative estimate of drug-likeness (QED) is 0.881. The summed E-state index contributed by atoms with van der Waals surface area (Å²) in [6, 6.07) is 8.47. The Morgan fingerprint density at radius 2 is 2.14 bits per heavy atom. The maximum atomic E-state index is 8.88. The number of nitrogens with one attached hydrogen (secondary N) is 1. The third-order valence-electron chi connectivity index (χ3n) is 4.23. The third-order valence-corrected chi connectivity index (χ3v) is 4.23. The van der Waals surface area contributed by atoms with Gasteiger partial charge in [0.2, 0.25) is 0 Å². The number of aromatic nitrogens is 2. The summed E-state index contributed by atoms with van der Waals surface area (Å²) in [5, 5.41) is 16.7. The molecule has 1 aromatic carbocycles. The Morgan fingerprint density at radius 1 is 1.36 bits per heavy atom. The average Bonchev–Trinajstić information content (AvgIpc) is 3.12. The van der Waals surface area contributed by atoms with Crippen molar-refractivity contribution in [1.82, 2.24) is 14.7 Å². The van der Waals surface area contributed by atoms with Crippen LogP contribution in [0.2, 0.25) is 0 Å². The van der Waals surface area contributed by atoms with E-state index < -0.39 is 0 Å². The molecule has 1 aromatic heterocycles. The van der Waals surface area contributed by atoms with Crippen molar-refractivity contribution in [2.24, 2.45) is 13.0 Å². The van der Waals surface area contributed by atoms with Crippen LogP contribution in [0, 0.1) is 24.3 Å². The zero-order valence-electron chi connectivity index (χ0n) is 13.1. The maximum Gasteiger partial charge on any atom is 0.179 e. The summed E-state index contributed by atoms with van der Waals surface area (Å²) < 4.78 is 1.85. The molecule has 2 aromatic rings. The second-order valence-electron chi connectivity index (χ2n) is 5.96. The molecule has 3 rings (SSSR count). The van der Waals surface area contributed by atoms with Crippen LogP contribution < -0.4 is 5.32 Å². The second kappa shape index (κ2) is 6.10. The number of benzene rings is 1. The van der Waals surface area contributed by atoms with Gasteiger partial charge in [-0.2, -0.15) is 10.4 Å². The van der Waals surface area contributed by atoms with Gasteiger partial charge in [-0.25, -0.2) is 0 Å². The van der Waals surface area contributed by atoms with Crippen LogP contribution >= 0.6 is 0 Å². The molecule has 0 saturated carbocycles. The van der Waals surface area contributed by atoms with Crippen molar-refractivity contribution in [3.8, 4) is 17.3 Å². The molecule has 0 radical (unpaired) electrons. The van der Waals surface area contributed by atoms with E-state index in [4.69, 9.17) is 5.26 Å². The van der Waals surface area contributed by atoms with Crippen molar-refractivity contribution < 1.29 is 0 Å². The fourth-order valence-corrected chi connectivity index (χ4v) is 3.00. The van der Waals surface area contributed by atoms with Gasteiger partial charge in [-0.1, -0.05) is 12.1 Å². The van der Waals surface area contributed by atoms with E-state index in [1.807, 2.05) is 29.7 Å². The fraction of sp³-hybridized carbons (Fsp3) is 0.412. The first-order valence-corrected chi connectivity index (χ1v) is 7.65. The van der Waals surface area contributed by atoms with E-state index in [9.17, 15) is 0 Å². The Labute approximate surface area is 131 Å². The van der Waals surface area contributed by atoms with E-state index in [-0.39, 0.29) is 0 Å². The average molecular weight is 295 g/mol. The first kappa shape index (κ1) is 14.5. The summed E-state index contributed by atoms with van der Waals surface area (Å²) in [6.45, 7) is 4.71. The highest BCUT2D eigenvalue weighted by Gasteiger charge is 2.20. The highest BCUT2D eigenvalue weighted by molar-refractivity contribution is 5.67. The van der Waals surface area contributed by atoms with Gasteiger partial charge in [0.05, 0.1) is 5.69 Å². The van der Waals surface area contributed by atoms with Gasteiger partial charge in [0.25, 0.3) is 0 Å². The molecule has 1 atom stereocenters. The van der Waals surface area contributed by atoms with Gasteiger partial charge >= 0.3 is 0 Å². The third kappa shape index (κ3) is 3.06. The van der Waals surface area contributed by atoms with Gasteiger partial charge < -0.3 is 10.2 Å². The molecule has 1 fully saturated rings. The van der Waals surface area contributed by atoms with Gasteiger partial charge in [0, 0.05) is 44.1 Å². The minimum atomic E-state index is 0.555. The number of rotatable bonds is 4.